The zero-order chi connectivity index (χ0) is 16.4. The Balaban J connectivity index is 1.78. The maximum absolute atomic E-state index is 12.2. The Labute approximate surface area is 136 Å². The van der Waals surface area contributed by atoms with Crippen LogP contribution in [-0.2, 0) is 4.79 Å². The summed E-state index contributed by atoms with van der Waals surface area (Å²) in [5.41, 5.74) is 2.08. The van der Waals surface area contributed by atoms with Crippen molar-refractivity contribution in [1.82, 2.24) is 15.1 Å². The molecule has 0 N–H and O–H groups in total. The third-order valence-electron chi connectivity index (χ3n) is 4.39. The molecule has 0 aliphatic carbocycles. The molecule has 1 aliphatic rings. The van der Waals surface area contributed by atoms with Crippen LogP contribution in [0.25, 0.3) is 11.5 Å². The summed E-state index contributed by atoms with van der Waals surface area (Å²) in [6.07, 6.45) is 1.96. The van der Waals surface area contributed by atoms with Crippen LogP contribution in [0.2, 0.25) is 0 Å². The highest BCUT2D eigenvalue weighted by Crippen LogP contribution is 2.29. The van der Waals surface area contributed by atoms with Crippen molar-refractivity contribution in [2.24, 2.45) is 5.92 Å². The summed E-state index contributed by atoms with van der Waals surface area (Å²) in [5, 5.41) is 8.45. The average Bonchev–Trinajstić information content (AvgIpc) is 3.04. The number of amides is 1. The second-order valence-corrected chi connectivity index (χ2v) is 6.54. The lowest BCUT2D eigenvalue weighted by Crippen LogP contribution is -2.41. The van der Waals surface area contributed by atoms with E-state index in [-0.39, 0.29) is 17.7 Å². The van der Waals surface area contributed by atoms with Crippen LogP contribution in [0.15, 0.2) is 28.7 Å². The lowest BCUT2D eigenvalue weighted by atomic mass is 9.97. The molecule has 5 heteroatoms. The van der Waals surface area contributed by atoms with Crippen molar-refractivity contribution in [2.75, 3.05) is 13.1 Å². The van der Waals surface area contributed by atoms with Crippen LogP contribution in [-0.4, -0.2) is 34.1 Å². The van der Waals surface area contributed by atoms with Crippen LogP contribution in [0, 0.1) is 12.8 Å². The Hall–Kier alpha value is -2.17. The molecular formula is C18H23N3O2. The van der Waals surface area contributed by atoms with Gasteiger partial charge in [-0.3, -0.25) is 4.79 Å². The van der Waals surface area contributed by atoms with Crippen LogP contribution in [0.5, 0.6) is 0 Å². The zero-order valence-corrected chi connectivity index (χ0v) is 14.0. The number of carbonyl (C=O) groups excluding carboxylic acids is 1. The summed E-state index contributed by atoms with van der Waals surface area (Å²) in [4.78, 5) is 14.1. The molecule has 1 amide bonds. The standard InChI is InChI=1S/C18H23N3O2/c1-12(2)18(22)21-10-6-8-14(11-21)16-19-20-17(23-16)15-9-5-4-7-13(15)3/h4-5,7,9,12,14H,6,8,10-11H2,1-3H3. The molecule has 1 unspecified atom stereocenters. The first-order valence-corrected chi connectivity index (χ1v) is 8.24. The molecule has 0 radical (unpaired) electrons. The summed E-state index contributed by atoms with van der Waals surface area (Å²) in [6, 6.07) is 7.98. The van der Waals surface area contributed by atoms with Gasteiger partial charge in [-0.2, -0.15) is 0 Å². The number of nitrogens with zero attached hydrogens (tertiary/aromatic N) is 3. The number of hydrogen-bond acceptors (Lipinski definition) is 4. The largest absolute Gasteiger partial charge is 0.420 e. The van der Waals surface area contributed by atoms with Gasteiger partial charge in [0.25, 0.3) is 0 Å². The van der Waals surface area contributed by atoms with Crippen LogP contribution in [0.4, 0.5) is 0 Å². The Morgan fingerprint density at radius 2 is 2.09 bits per heavy atom. The first-order chi connectivity index (χ1) is 11.1. The smallest absolute Gasteiger partial charge is 0.248 e. The van der Waals surface area contributed by atoms with Gasteiger partial charge in [0.1, 0.15) is 0 Å². The highest BCUT2D eigenvalue weighted by molar-refractivity contribution is 5.78. The van der Waals surface area contributed by atoms with E-state index in [1.807, 2.05) is 49.9 Å². The fraction of sp³-hybridized carbons (Fsp3) is 0.500. The molecule has 1 aromatic carbocycles. The van der Waals surface area contributed by atoms with Gasteiger partial charge in [-0.15, -0.1) is 10.2 Å². The number of benzene rings is 1. The quantitative estimate of drug-likeness (QED) is 0.871. The molecule has 0 spiro atoms. The molecular weight excluding hydrogens is 290 g/mol. The van der Waals surface area contributed by atoms with Crippen LogP contribution < -0.4 is 0 Å². The molecule has 1 atom stereocenters. The lowest BCUT2D eigenvalue weighted by molar-refractivity contribution is -0.135. The van der Waals surface area contributed by atoms with Gasteiger partial charge in [0.15, 0.2) is 0 Å². The molecule has 0 bridgehead atoms. The van der Waals surface area contributed by atoms with Crippen molar-refractivity contribution < 1.29 is 9.21 Å². The minimum Gasteiger partial charge on any atom is -0.420 e. The van der Waals surface area contributed by atoms with E-state index in [0.717, 1.165) is 30.5 Å². The topological polar surface area (TPSA) is 59.2 Å². The van der Waals surface area contributed by atoms with E-state index in [0.29, 0.717) is 18.3 Å². The average molecular weight is 313 g/mol. The molecule has 1 saturated heterocycles. The second kappa shape index (κ2) is 6.52. The Morgan fingerprint density at radius 1 is 1.30 bits per heavy atom. The van der Waals surface area contributed by atoms with Gasteiger partial charge < -0.3 is 9.32 Å². The number of piperidine rings is 1. The van der Waals surface area contributed by atoms with Gasteiger partial charge in [-0.05, 0) is 31.4 Å². The number of carbonyl (C=O) groups is 1. The fourth-order valence-corrected chi connectivity index (χ4v) is 3.07. The molecule has 1 aromatic heterocycles. The van der Waals surface area contributed by atoms with E-state index < -0.39 is 0 Å². The van der Waals surface area contributed by atoms with Crippen LogP contribution in [0.1, 0.15) is 44.1 Å². The molecule has 3 rings (SSSR count). The van der Waals surface area contributed by atoms with Crippen molar-refractivity contribution in [3.63, 3.8) is 0 Å². The monoisotopic (exact) mass is 313 g/mol. The molecule has 1 fully saturated rings. The molecule has 0 saturated carbocycles. The van der Waals surface area contributed by atoms with Crippen molar-refractivity contribution in [2.45, 2.75) is 39.5 Å². The van der Waals surface area contributed by atoms with Crippen LogP contribution >= 0.6 is 0 Å². The van der Waals surface area contributed by atoms with Gasteiger partial charge in [0, 0.05) is 24.6 Å². The minimum atomic E-state index is 0.0268. The summed E-state index contributed by atoms with van der Waals surface area (Å²) in [7, 11) is 0. The molecule has 1 aliphatic heterocycles. The Morgan fingerprint density at radius 3 is 2.83 bits per heavy atom. The summed E-state index contributed by atoms with van der Waals surface area (Å²) in [6.45, 7) is 7.41. The Bertz CT molecular complexity index is 693. The first kappa shape index (κ1) is 15.7. The normalized spacial score (nSPS) is 18.4. The summed E-state index contributed by atoms with van der Waals surface area (Å²) in [5.74, 6) is 1.57. The number of aryl methyl sites for hydroxylation is 1. The van der Waals surface area contributed by atoms with Gasteiger partial charge in [0.2, 0.25) is 17.7 Å². The van der Waals surface area contributed by atoms with Crippen molar-refractivity contribution in [3.8, 4) is 11.5 Å². The molecule has 5 nitrogen and oxygen atoms in total. The van der Waals surface area contributed by atoms with E-state index in [1.165, 1.54) is 0 Å². The SMILES string of the molecule is Cc1ccccc1-c1nnc(C2CCCN(C(=O)C(C)C)C2)o1. The van der Waals surface area contributed by atoms with Crippen molar-refractivity contribution >= 4 is 5.91 Å². The molecule has 2 heterocycles. The maximum atomic E-state index is 12.2. The van der Waals surface area contributed by atoms with Gasteiger partial charge in [0.05, 0.1) is 5.92 Å². The highest BCUT2D eigenvalue weighted by atomic mass is 16.4. The Kier molecular flexibility index (Phi) is 4.46. The van der Waals surface area contributed by atoms with E-state index in [9.17, 15) is 4.79 Å². The zero-order valence-electron chi connectivity index (χ0n) is 14.0. The molecule has 23 heavy (non-hydrogen) atoms. The number of hydrogen-bond donors (Lipinski definition) is 0. The number of aromatic nitrogens is 2. The number of likely N-dealkylation sites (tertiary alicyclic amines) is 1. The predicted octanol–water partition coefficient (Wildman–Crippen LogP) is 3.41. The summed E-state index contributed by atoms with van der Waals surface area (Å²) >= 11 is 0. The highest BCUT2D eigenvalue weighted by Gasteiger charge is 2.29. The van der Waals surface area contributed by atoms with Gasteiger partial charge in [-0.1, -0.05) is 32.0 Å². The van der Waals surface area contributed by atoms with E-state index in [2.05, 4.69) is 10.2 Å². The van der Waals surface area contributed by atoms with Crippen molar-refractivity contribution in [3.05, 3.63) is 35.7 Å². The minimum absolute atomic E-state index is 0.0268. The lowest BCUT2D eigenvalue weighted by Gasteiger charge is -2.32. The third-order valence-corrected chi connectivity index (χ3v) is 4.39. The third kappa shape index (κ3) is 3.28. The first-order valence-electron chi connectivity index (χ1n) is 8.24. The fourth-order valence-electron chi connectivity index (χ4n) is 3.07. The maximum Gasteiger partial charge on any atom is 0.248 e. The van der Waals surface area contributed by atoms with E-state index in [4.69, 9.17) is 4.42 Å². The molecule has 2 aromatic rings. The van der Waals surface area contributed by atoms with Gasteiger partial charge >= 0.3 is 0 Å². The van der Waals surface area contributed by atoms with Crippen molar-refractivity contribution in [1.29, 1.82) is 0 Å². The van der Waals surface area contributed by atoms with Crippen LogP contribution in [0.3, 0.4) is 0 Å². The predicted molar refractivity (Wildman–Crippen MR) is 87.9 cm³/mol. The van der Waals surface area contributed by atoms with E-state index in [1.54, 1.807) is 0 Å². The molecule has 122 valence electrons. The van der Waals surface area contributed by atoms with E-state index >= 15 is 0 Å². The number of rotatable bonds is 3. The van der Waals surface area contributed by atoms with Gasteiger partial charge in [-0.25, -0.2) is 0 Å². The summed E-state index contributed by atoms with van der Waals surface area (Å²) < 4.78 is 5.92. The second-order valence-electron chi connectivity index (χ2n) is 6.54.